The van der Waals surface area contributed by atoms with Crippen molar-refractivity contribution >= 4 is 34.8 Å². The Bertz CT molecular complexity index is 509. The average Bonchev–Trinajstić information content (AvgIpc) is 2.82. The molecule has 1 heterocycles. The number of ether oxygens (including phenoxy) is 2. The number of carbonyl (C=O) groups is 3. The summed E-state index contributed by atoms with van der Waals surface area (Å²) >= 11 is 1.09. The molecule has 0 saturated carbocycles. The van der Waals surface area contributed by atoms with E-state index in [9.17, 15) is 14.4 Å². The van der Waals surface area contributed by atoms with E-state index < -0.39 is 12.1 Å². The lowest BCUT2D eigenvalue weighted by Crippen LogP contribution is -2.13. The summed E-state index contributed by atoms with van der Waals surface area (Å²) in [4.78, 5) is 37.3. The Balaban J connectivity index is 3.12. The molecule has 0 aliphatic carbocycles. The molecule has 1 aliphatic rings. The molecule has 0 fully saturated rings. The maximum atomic E-state index is 11.7. The molecule has 0 aromatic heterocycles. The van der Waals surface area contributed by atoms with Gasteiger partial charge in [-0.1, -0.05) is 16.9 Å². The van der Waals surface area contributed by atoms with Crippen LogP contribution in [0.1, 0.15) is 6.92 Å². The molecular formula is C10H11N3O5S. The highest BCUT2D eigenvalue weighted by molar-refractivity contribution is 8.15. The van der Waals surface area contributed by atoms with Crippen molar-refractivity contribution in [1.82, 2.24) is 0 Å². The van der Waals surface area contributed by atoms with E-state index in [0.717, 1.165) is 18.9 Å². The smallest absolute Gasteiger partial charge is 0.452 e. The van der Waals surface area contributed by atoms with Crippen LogP contribution in [0.15, 0.2) is 26.5 Å². The molecule has 1 aliphatic heterocycles. The minimum Gasteiger partial charge on any atom is -0.465 e. The van der Waals surface area contributed by atoms with Gasteiger partial charge in [-0.3, -0.25) is 4.79 Å². The van der Waals surface area contributed by atoms with E-state index in [2.05, 4.69) is 24.7 Å². The quantitative estimate of drug-likeness (QED) is 0.440. The number of thioether (sulfide) groups is 1. The molecule has 0 saturated heterocycles. The summed E-state index contributed by atoms with van der Waals surface area (Å²) in [5.41, 5.74) is 0.115. The zero-order valence-corrected chi connectivity index (χ0v) is 11.3. The number of azo groups is 1. The van der Waals surface area contributed by atoms with Gasteiger partial charge in [-0.15, -0.1) is 5.11 Å². The van der Waals surface area contributed by atoms with Crippen LogP contribution in [0.3, 0.4) is 0 Å². The Hall–Kier alpha value is -2.03. The lowest BCUT2D eigenvalue weighted by Gasteiger charge is -2.05. The van der Waals surface area contributed by atoms with Gasteiger partial charge in [-0.2, -0.15) is 0 Å². The zero-order valence-electron chi connectivity index (χ0n) is 10.5. The van der Waals surface area contributed by atoms with Gasteiger partial charge in [0.2, 0.25) is 0 Å². The van der Waals surface area contributed by atoms with Crippen LogP contribution in [0.25, 0.3) is 0 Å². The van der Waals surface area contributed by atoms with Crippen molar-refractivity contribution in [3.63, 3.8) is 0 Å². The predicted octanol–water partition coefficient (Wildman–Crippen LogP) is 1.32. The van der Waals surface area contributed by atoms with Crippen LogP contribution in [0.2, 0.25) is 0 Å². The van der Waals surface area contributed by atoms with Crippen LogP contribution in [0, 0.1) is 0 Å². The summed E-state index contributed by atoms with van der Waals surface area (Å²) in [7, 11) is 2.34. The van der Waals surface area contributed by atoms with Crippen molar-refractivity contribution in [3.8, 4) is 0 Å². The van der Waals surface area contributed by atoms with Crippen molar-refractivity contribution < 1.29 is 23.9 Å². The highest BCUT2D eigenvalue weighted by Gasteiger charge is 2.26. The number of esters is 1. The number of hydrogen-bond acceptors (Lipinski definition) is 7. The van der Waals surface area contributed by atoms with Gasteiger partial charge in [0.25, 0.3) is 5.91 Å². The number of carbonyl (C=O) groups excluding carboxylic acids is 3. The third-order valence-electron chi connectivity index (χ3n) is 1.98. The lowest BCUT2D eigenvalue weighted by atomic mass is 10.2. The van der Waals surface area contributed by atoms with Crippen molar-refractivity contribution in [1.29, 1.82) is 0 Å². The number of methoxy groups -OCH3 is 2. The fourth-order valence-corrected chi connectivity index (χ4v) is 2.00. The second-order valence-corrected chi connectivity index (χ2v) is 4.19. The number of amides is 2. The molecular weight excluding hydrogens is 274 g/mol. The van der Waals surface area contributed by atoms with E-state index in [1.54, 1.807) is 0 Å². The Labute approximate surface area is 113 Å². The third kappa shape index (κ3) is 3.98. The third-order valence-corrected chi connectivity index (χ3v) is 2.94. The molecule has 9 heteroatoms. The van der Waals surface area contributed by atoms with Gasteiger partial charge in [-0.05, 0) is 6.92 Å². The van der Waals surface area contributed by atoms with Gasteiger partial charge >= 0.3 is 12.1 Å². The van der Waals surface area contributed by atoms with Crippen molar-refractivity contribution in [3.05, 3.63) is 11.3 Å². The second kappa shape index (κ2) is 6.78. The normalized spacial score (nSPS) is 16.2. The largest absolute Gasteiger partial charge is 0.465 e. The predicted molar refractivity (Wildman–Crippen MR) is 66.9 cm³/mol. The Kier molecular flexibility index (Phi) is 5.37. The van der Waals surface area contributed by atoms with Gasteiger partial charge in [0, 0.05) is 0 Å². The maximum absolute atomic E-state index is 11.7. The van der Waals surface area contributed by atoms with Crippen molar-refractivity contribution in [2.45, 2.75) is 6.92 Å². The minimum absolute atomic E-state index is 0.00556. The molecule has 102 valence electrons. The van der Waals surface area contributed by atoms with Gasteiger partial charge < -0.3 is 9.47 Å². The first-order valence-corrected chi connectivity index (χ1v) is 6.01. The van der Waals surface area contributed by atoms with Crippen LogP contribution in [0.4, 0.5) is 4.79 Å². The average molecular weight is 285 g/mol. The highest BCUT2D eigenvalue weighted by atomic mass is 32.2. The Morgan fingerprint density at radius 3 is 2.42 bits per heavy atom. The van der Waals surface area contributed by atoms with Gasteiger partial charge in [0.1, 0.15) is 10.6 Å². The number of aliphatic imine (C=N–C) groups is 1. The molecule has 19 heavy (non-hydrogen) atoms. The second-order valence-electron chi connectivity index (χ2n) is 3.22. The zero-order chi connectivity index (χ0) is 14.4. The molecule has 0 unspecified atom stereocenters. The van der Waals surface area contributed by atoms with E-state index in [1.165, 1.54) is 14.0 Å². The van der Waals surface area contributed by atoms with Crippen LogP contribution < -0.4 is 0 Å². The highest BCUT2D eigenvalue weighted by Crippen LogP contribution is 2.23. The summed E-state index contributed by atoms with van der Waals surface area (Å²) in [5.74, 6) is -0.904. The number of nitrogens with zero attached hydrogens (tertiary/aromatic N) is 3. The first-order chi connectivity index (χ1) is 8.99. The van der Waals surface area contributed by atoms with E-state index >= 15 is 0 Å². The molecule has 0 aromatic carbocycles. The summed E-state index contributed by atoms with van der Waals surface area (Å²) < 4.78 is 8.88. The molecule has 8 nitrogen and oxygen atoms in total. The van der Waals surface area contributed by atoms with Crippen molar-refractivity contribution in [2.75, 3.05) is 20.0 Å². The van der Waals surface area contributed by atoms with Crippen LogP contribution in [0.5, 0.6) is 0 Å². The summed E-state index contributed by atoms with van der Waals surface area (Å²) in [5, 5.41) is 6.98. The van der Waals surface area contributed by atoms with Crippen LogP contribution in [-0.2, 0) is 19.1 Å². The fraction of sp³-hybridized carbons (Fsp3) is 0.400. The van der Waals surface area contributed by atoms with E-state index in [0.29, 0.717) is 0 Å². The molecule has 0 radical (unpaired) electrons. The van der Waals surface area contributed by atoms with Gasteiger partial charge in [0.15, 0.2) is 0 Å². The van der Waals surface area contributed by atoms with Gasteiger partial charge in [-0.25, -0.2) is 14.6 Å². The van der Waals surface area contributed by atoms with Crippen LogP contribution >= 0.6 is 11.8 Å². The molecule has 0 spiro atoms. The fourth-order valence-electron chi connectivity index (χ4n) is 1.13. The molecule has 1 rings (SSSR count). The SMILES string of the molecule is COC(=O)N=N/C(C)=C(\C(=O)OC)C1=NC(=O)CS1. The number of rotatable bonds is 3. The first-order valence-electron chi connectivity index (χ1n) is 5.03. The lowest BCUT2D eigenvalue weighted by molar-refractivity contribution is -0.135. The molecule has 0 bridgehead atoms. The Morgan fingerprint density at radius 2 is 1.95 bits per heavy atom. The summed E-state index contributed by atoms with van der Waals surface area (Å²) in [6, 6.07) is 0. The maximum Gasteiger partial charge on any atom is 0.452 e. The molecule has 2 amide bonds. The van der Waals surface area contributed by atoms with Crippen molar-refractivity contribution in [2.24, 2.45) is 15.2 Å². The number of hydrogen-bond donors (Lipinski definition) is 0. The molecule has 0 aromatic rings. The van der Waals surface area contributed by atoms with Gasteiger partial charge in [0.05, 0.1) is 25.7 Å². The monoisotopic (exact) mass is 285 g/mol. The standard InChI is InChI=1S/C10H11N3O5S/c1-5(12-13-10(16)18-3)7(9(15)17-2)8-11-6(14)4-19-8/h4H2,1-3H3/b7-5-,13-12?. The topological polar surface area (TPSA) is 107 Å². The van der Waals surface area contributed by atoms with E-state index in [1.807, 2.05) is 0 Å². The summed E-state index contributed by atoms with van der Waals surface area (Å²) in [6.45, 7) is 1.45. The number of allylic oxidation sites excluding steroid dienone is 1. The van der Waals surface area contributed by atoms with Crippen LogP contribution in [-0.4, -0.2) is 43.0 Å². The summed E-state index contributed by atoms with van der Waals surface area (Å²) in [6.07, 6.45) is -0.902. The molecule has 0 atom stereocenters. The van der Waals surface area contributed by atoms with E-state index in [4.69, 9.17) is 0 Å². The van der Waals surface area contributed by atoms with E-state index in [-0.39, 0.29) is 28.0 Å². The first kappa shape index (κ1) is 15.0. The Morgan fingerprint density at radius 1 is 1.26 bits per heavy atom. The molecule has 0 N–H and O–H groups in total. The minimum atomic E-state index is -0.902.